The summed E-state index contributed by atoms with van der Waals surface area (Å²) in [6, 6.07) is 6.49. The first-order valence-corrected chi connectivity index (χ1v) is 9.88. The number of carbonyl (C=O) groups is 2. The highest BCUT2D eigenvalue weighted by Gasteiger charge is 2.59. The number of rotatable bonds is 3. The van der Waals surface area contributed by atoms with Crippen LogP contribution in [0.3, 0.4) is 0 Å². The number of piperidine rings is 1. The van der Waals surface area contributed by atoms with E-state index in [0.29, 0.717) is 24.5 Å². The van der Waals surface area contributed by atoms with Crippen LogP contribution in [0.15, 0.2) is 24.3 Å². The van der Waals surface area contributed by atoms with Gasteiger partial charge in [-0.25, -0.2) is 9.07 Å². The number of benzene rings is 1. The van der Waals surface area contributed by atoms with E-state index in [4.69, 9.17) is 0 Å². The Morgan fingerprint density at radius 2 is 1.93 bits per heavy atom. The molecule has 1 amide bonds. The molecule has 1 N–H and O–H groups in total. The Balaban J connectivity index is 1.40. The number of fused-ring (bicyclic) bond motifs is 1. The summed E-state index contributed by atoms with van der Waals surface area (Å²) in [6.45, 7) is 1.12. The molecule has 2 fully saturated rings. The lowest BCUT2D eigenvalue weighted by atomic mass is 9.90. The largest absolute Gasteiger partial charge is 0.481 e. The Morgan fingerprint density at radius 3 is 2.61 bits per heavy atom. The standard InChI is InChI=1S/C21H22FN3O3/c22-15-5-1-2-6-17(15)25-16-7-3-4-13(16)18(23-25)19(26)24-10-8-21(9-11-24)12-14(21)20(27)28/h1-2,5-6,14H,3-4,7-12H2,(H,27,28). The zero-order valence-corrected chi connectivity index (χ0v) is 15.5. The second-order valence-corrected chi connectivity index (χ2v) is 8.24. The highest BCUT2D eigenvalue weighted by atomic mass is 19.1. The topological polar surface area (TPSA) is 75.4 Å². The van der Waals surface area contributed by atoms with Gasteiger partial charge in [-0.3, -0.25) is 9.59 Å². The number of nitrogens with zero attached hydrogens (tertiary/aromatic N) is 3. The molecular weight excluding hydrogens is 361 g/mol. The molecule has 1 atom stereocenters. The maximum absolute atomic E-state index is 14.3. The van der Waals surface area contributed by atoms with Crippen molar-refractivity contribution in [1.29, 1.82) is 0 Å². The molecule has 7 heteroatoms. The molecule has 146 valence electrons. The van der Waals surface area contributed by atoms with Crippen LogP contribution in [0.25, 0.3) is 5.69 Å². The number of carbonyl (C=O) groups excluding carboxylic acids is 1. The Bertz CT molecular complexity index is 975. The van der Waals surface area contributed by atoms with Crippen molar-refractivity contribution < 1.29 is 19.1 Å². The molecule has 0 bridgehead atoms. The molecule has 1 saturated heterocycles. The summed E-state index contributed by atoms with van der Waals surface area (Å²) in [5.74, 6) is -1.45. The molecule has 5 rings (SSSR count). The Labute approximate surface area is 162 Å². The Hall–Kier alpha value is -2.70. The van der Waals surface area contributed by atoms with E-state index < -0.39 is 5.97 Å². The third-order valence-corrected chi connectivity index (χ3v) is 6.75. The predicted octanol–water partition coefficient (Wildman–Crippen LogP) is 2.83. The van der Waals surface area contributed by atoms with E-state index in [1.807, 2.05) is 0 Å². The van der Waals surface area contributed by atoms with Crippen LogP contribution < -0.4 is 0 Å². The van der Waals surface area contributed by atoms with E-state index in [-0.39, 0.29) is 23.1 Å². The third-order valence-electron chi connectivity index (χ3n) is 6.75. The minimum Gasteiger partial charge on any atom is -0.481 e. The van der Waals surface area contributed by atoms with Crippen LogP contribution in [-0.4, -0.2) is 44.8 Å². The van der Waals surface area contributed by atoms with Gasteiger partial charge in [-0.2, -0.15) is 5.10 Å². The second-order valence-electron chi connectivity index (χ2n) is 8.24. The number of carboxylic acids is 1. The van der Waals surface area contributed by atoms with Gasteiger partial charge < -0.3 is 10.0 Å². The Morgan fingerprint density at radius 1 is 1.18 bits per heavy atom. The van der Waals surface area contributed by atoms with Crippen LogP contribution in [0.4, 0.5) is 4.39 Å². The number of halogens is 1. The molecular formula is C21H22FN3O3. The highest BCUT2D eigenvalue weighted by molar-refractivity contribution is 5.94. The van der Waals surface area contributed by atoms with Crippen molar-refractivity contribution >= 4 is 11.9 Å². The fourth-order valence-corrected chi connectivity index (χ4v) is 4.99. The molecule has 1 spiro atoms. The Kier molecular flexibility index (Phi) is 3.82. The number of para-hydroxylation sites is 1. The zero-order valence-electron chi connectivity index (χ0n) is 15.5. The number of aromatic nitrogens is 2. The van der Waals surface area contributed by atoms with Gasteiger partial charge in [0.1, 0.15) is 11.5 Å². The minimum atomic E-state index is -0.721. The van der Waals surface area contributed by atoms with Crippen LogP contribution in [-0.2, 0) is 17.6 Å². The van der Waals surface area contributed by atoms with Crippen molar-refractivity contribution in [1.82, 2.24) is 14.7 Å². The minimum absolute atomic E-state index is 0.114. The first-order chi connectivity index (χ1) is 13.5. The summed E-state index contributed by atoms with van der Waals surface area (Å²) in [4.78, 5) is 26.2. The fraction of sp³-hybridized carbons (Fsp3) is 0.476. The maximum Gasteiger partial charge on any atom is 0.307 e. The molecule has 28 heavy (non-hydrogen) atoms. The second kappa shape index (κ2) is 6.15. The lowest BCUT2D eigenvalue weighted by Crippen LogP contribution is -2.40. The molecule has 1 aliphatic heterocycles. The van der Waals surface area contributed by atoms with Crippen LogP contribution in [0.1, 0.15) is 47.4 Å². The van der Waals surface area contributed by atoms with E-state index in [0.717, 1.165) is 49.8 Å². The smallest absolute Gasteiger partial charge is 0.307 e. The molecule has 1 aromatic carbocycles. The van der Waals surface area contributed by atoms with E-state index in [1.54, 1.807) is 27.8 Å². The fourth-order valence-electron chi connectivity index (χ4n) is 4.99. The van der Waals surface area contributed by atoms with Gasteiger partial charge in [-0.05, 0) is 56.1 Å². The van der Waals surface area contributed by atoms with Gasteiger partial charge in [0, 0.05) is 24.3 Å². The van der Waals surface area contributed by atoms with Crippen molar-refractivity contribution in [2.75, 3.05) is 13.1 Å². The van der Waals surface area contributed by atoms with Crippen LogP contribution in [0.5, 0.6) is 0 Å². The summed E-state index contributed by atoms with van der Waals surface area (Å²) in [7, 11) is 0. The predicted molar refractivity (Wildman–Crippen MR) is 98.9 cm³/mol. The lowest BCUT2D eigenvalue weighted by Gasteiger charge is -2.32. The van der Waals surface area contributed by atoms with E-state index in [1.165, 1.54) is 6.07 Å². The van der Waals surface area contributed by atoms with Crippen LogP contribution >= 0.6 is 0 Å². The van der Waals surface area contributed by atoms with Crippen LogP contribution in [0.2, 0.25) is 0 Å². The van der Waals surface area contributed by atoms with Crippen molar-refractivity contribution in [2.24, 2.45) is 11.3 Å². The monoisotopic (exact) mass is 383 g/mol. The molecule has 1 unspecified atom stereocenters. The summed E-state index contributed by atoms with van der Waals surface area (Å²) >= 11 is 0. The van der Waals surface area contributed by atoms with Gasteiger partial charge in [0.25, 0.3) is 5.91 Å². The summed E-state index contributed by atoms with van der Waals surface area (Å²) in [5.41, 5.74) is 2.55. The number of aliphatic carboxylic acids is 1. The van der Waals surface area contributed by atoms with Crippen molar-refractivity contribution in [3.05, 3.63) is 47.0 Å². The highest BCUT2D eigenvalue weighted by Crippen LogP contribution is 2.59. The normalized spacial score (nSPS) is 22.3. The molecule has 0 radical (unpaired) electrons. The third kappa shape index (κ3) is 2.56. The molecule has 6 nitrogen and oxygen atoms in total. The van der Waals surface area contributed by atoms with Gasteiger partial charge in [0.05, 0.1) is 5.92 Å². The molecule has 1 saturated carbocycles. The molecule has 1 aromatic heterocycles. The van der Waals surface area contributed by atoms with E-state index >= 15 is 0 Å². The SMILES string of the molecule is O=C(O)C1CC12CCN(C(=O)c1nn(-c3ccccc3F)c3c1CCC3)CC2. The summed E-state index contributed by atoms with van der Waals surface area (Å²) in [6.07, 6.45) is 4.68. The number of likely N-dealkylation sites (tertiary alicyclic amines) is 1. The first-order valence-electron chi connectivity index (χ1n) is 9.88. The lowest BCUT2D eigenvalue weighted by molar-refractivity contribution is -0.139. The van der Waals surface area contributed by atoms with Gasteiger partial charge in [0.15, 0.2) is 5.69 Å². The molecule has 2 heterocycles. The van der Waals surface area contributed by atoms with E-state index in [9.17, 15) is 19.1 Å². The number of carboxylic acid groups (broad SMARTS) is 1. The number of hydrogen-bond acceptors (Lipinski definition) is 3. The van der Waals surface area contributed by atoms with Gasteiger partial charge in [-0.1, -0.05) is 12.1 Å². The summed E-state index contributed by atoms with van der Waals surface area (Å²) < 4.78 is 15.9. The number of amides is 1. The average molecular weight is 383 g/mol. The molecule has 2 aliphatic carbocycles. The quantitative estimate of drug-likeness (QED) is 0.884. The van der Waals surface area contributed by atoms with Crippen molar-refractivity contribution in [2.45, 2.75) is 38.5 Å². The van der Waals surface area contributed by atoms with Crippen molar-refractivity contribution in [3.8, 4) is 5.69 Å². The first kappa shape index (κ1) is 17.4. The van der Waals surface area contributed by atoms with Crippen molar-refractivity contribution in [3.63, 3.8) is 0 Å². The summed E-state index contributed by atoms with van der Waals surface area (Å²) in [5, 5.41) is 13.8. The molecule has 2 aromatic rings. The van der Waals surface area contributed by atoms with Gasteiger partial charge in [0.2, 0.25) is 0 Å². The zero-order chi connectivity index (χ0) is 19.5. The van der Waals surface area contributed by atoms with E-state index in [2.05, 4.69) is 5.10 Å². The molecule has 3 aliphatic rings. The van der Waals surface area contributed by atoms with Gasteiger partial charge in [-0.15, -0.1) is 0 Å². The maximum atomic E-state index is 14.3. The van der Waals surface area contributed by atoms with Crippen LogP contribution in [0, 0.1) is 17.2 Å². The van der Waals surface area contributed by atoms with Gasteiger partial charge >= 0.3 is 5.97 Å². The average Bonchev–Trinajstić information content (AvgIpc) is 3.02. The number of hydrogen-bond donors (Lipinski definition) is 1.